The molecule has 0 saturated carbocycles. The lowest BCUT2D eigenvalue weighted by Crippen LogP contribution is -2.57. The van der Waals surface area contributed by atoms with Crippen molar-refractivity contribution in [1.29, 1.82) is 0 Å². The van der Waals surface area contributed by atoms with Gasteiger partial charge in [-0.1, -0.05) is 17.4 Å². The number of nitrogens with one attached hydrogen (secondary N) is 1. The molecule has 2 aromatic rings. The lowest BCUT2D eigenvalue weighted by Gasteiger charge is -2.48. The van der Waals surface area contributed by atoms with Gasteiger partial charge in [-0.2, -0.15) is 0 Å². The van der Waals surface area contributed by atoms with Crippen LogP contribution in [-0.2, 0) is 6.54 Å². The Labute approximate surface area is 144 Å². The minimum absolute atomic E-state index is 0.229. The molecule has 0 aliphatic carbocycles. The Morgan fingerprint density at radius 1 is 1.33 bits per heavy atom. The number of piperazine rings is 1. The number of aryl methyl sites for hydroxylation is 1. The predicted molar refractivity (Wildman–Crippen MR) is 93.6 cm³/mol. The van der Waals surface area contributed by atoms with Crippen molar-refractivity contribution in [3.63, 3.8) is 0 Å². The van der Waals surface area contributed by atoms with Gasteiger partial charge >= 0.3 is 0 Å². The van der Waals surface area contributed by atoms with Crippen molar-refractivity contribution in [3.05, 3.63) is 39.9 Å². The van der Waals surface area contributed by atoms with E-state index in [4.69, 9.17) is 0 Å². The number of hydrazine groups is 1. The molecule has 6 nitrogen and oxygen atoms in total. The maximum Gasteiger partial charge on any atom is 0.148 e. The number of benzene rings is 1. The maximum atomic E-state index is 14.3. The number of nitrogens with zero attached hydrogens (tertiary/aromatic N) is 4. The van der Waals surface area contributed by atoms with Gasteiger partial charge < -0.3 is 15.2 Å². The lowest BCUT2D eigenvalue weighted by atomic mass is 10.2. The van der Waals surface area contributed by atoms with Gasteiger partial charge in [0.15, 0.2) is 0 Å². The number of fused-ring (bicyclic) bond motifs is 2. The fourth-order valence-corrected chi connectivity index (χ4v) is 4.22. The van der Waals surface area contributed by atoms with Crippen LogP contribution in [0.1, 0.15) is 10.7 Å². The van der Waals surface area contributed by atoms with Crippen molar-refractivity contribution >= 4 is 27.7 Å². The third-order valence-electron chi connectivity index (χ3n) is 4.57. The van der Waals surface area contributed by atoms with E-state index in [1.807, 2.05) is 13.0 Å². The van der Waals surface area contributed by atoms with Crippen molar-refractivity contribution in [3.8, 4) is 0 Å². The highest BCUT2D eigenvalue weighted by Crippen LogP contribution is 2.43. The Bertz CT molecular complexity index is 768. The zero-order valence-electron chi connectivity index (χ0n) is 13.8. The SMILES string of the molecule is Cc1nc2c(s1)N(N1CC[N+](C)([O-])CC1)c1cccc(F)c1NC2. The Hall–Kier alpha value is -1.74. The summed E-state index contributed by atoms with van der Waals surface area (Å²) in [5, 5.41) is 21.5. The molecule has 0 spiro atoms. The molecule has 4 rings (SSSR count). The van der Waals surface area contributed by atoms with Crippen LogP contribution < -0.4 is 10.3 Å². The second kappa shape index (κ2) is 5.66. The molecule has 0 unspecified atom stereocenters. The Balaban J connectivity index is 1.80. The molecule has 1 aromatic heterocycles. The fourth-order valence-electron chi connectivity index (χ4n) is 3.24. The van der Waals surface area contributed by atoms with E-state index in [0.29, 0.717) is 38.4 Å². The lowest BCUT2D eigenvalue weighted by molar-refractivity contribution is -0.865. The minimum Gasteiger partial charge on any atom is -0.633 e. The third kappa shape index (κ3) is 2.65. The first-order valence-corrected chi connectivity index (χ1v) is 8.85. The normalized spacial score (nSPS) is 20.1. The van der Waals surface area contributed by atoms with Crippen LogP contribution in [0.25, 0.3) is 0 Å². The number of hydroxylamine groups is 3. The second-order valence-corrected chi connectivity index (χ2v) is 7.66. The highest BCUT2D eigenvalue weighted by Gasteiger charge is 2.33. The molecule has 24 heavy (non-hydrogen) atoms. The van der Waals surface area contributed by atoms with E-state index in [-0.39, 0.29) is 10.5 Å². The smallest absolute Gasteiger partial charge is 0.148 e. The molecule has 0 radical (unpaired) electrons. The molecular formula is C16H20FN5OS. The summed E-state index contributed by atoms with van der Waals surface area (Å²) >= 11 is 1.60. The summed E-state index contributed by atoms with van der Waals surface area (Å²) in [6.07, 6.45) is 0. The van der Waals surface area contributed by atoms with E-state index >= 15 is 0 Å². The van der Waals surface area contributed by atoms with Crippen LogP contribution in [-0.4, -0.2) is 47.9 Å². The maximum absolute atomic E-state index is 14.3. The largest absolute Gasteiger partial charge is 0.633 e. The van der Waals surface area contributed by atoms with Crippen LogP contribution >= 0.6 is 11.3 Å². The molecule has 0 atom stereocenters. The number of quaternary nitrogens is 1. The number of hydrogen-bond donors (Lipinski definition) is 1. The van der Waals surface area contributed by atoms with Crippen LogP contribution in [0.4, 0.5) is 20.8 Å². The number of anilines is 3. The zero-order valence-corrected chi connectivity index (χ0v) is 14.6. The third-order valence-corrected chi connectivity index (χ3v) is 5.56. The number of thiazole rings is 1. The standard InChI is InChI=1S/C16H20FN5OS/c1-11-19-13-10-18-15-12(17)4-3-5-14(15)21(16(13)24-11)20-6-8-22(2,23)9-7-20/h3-5,18H,6-10H2,1-2H3. The number of rotatable bonds is 1. The average molecular weight is 349 g/mol. The molecule has 128 valence electrons. The first-order valence-electron chi connectivity index (χ1n) is 8.04. The van der Waals surface area contributed by atoms with Gasteiger partial charge in [-0.25, -0.2) is 14.4 Å². The monoisotopic (exact) mass is 349 g/mol. The number of hydrogen-bond acceptors (Lipinski definition) is 6. The summed E-state index contributed by atoms with van der Waals surface area (Å²) in [5.41, 5.74) is 2.18. The van der Waals surface area contributed by atoms with E-state index in [9.17, 15) is 9.60 Å². The molecule has 0 amide bonds. The van der Waals surface area contributed by atoms with Crippen molar-refractivity contribution in [2.24, 2.45) is 0 Å². The first-order chi connectivity index (χ1) is 11.4. The Morgan fingerprint density at radius 3 is 2.83 bits per heavy atom. The van der Waals surface area contributed by atoms with Gasteiger partial charge in [0, 0.05) is 0 Å². The molecule has 2 aliphatic rings. The van der Waals surface area contributed by atoms with Crippen LogP contribution in [0.3, 0.4) is 0 Å². The van der Waals surface area contributed by atoms with Crippen molar-refractivity contribution in [1.82, 2.24) is 9.99 Å². The number of para-hydroxylation sites is 1. The quantitative estimate of drug-likeness (QED) is 0.634. The van der Waals surface area contributed by atoms with E-state index in [2.05, 4.69) is 20.3 Å². The number of halogens is 1. The van der Waals surface area contributed by atoms with Gasteiger partial charge in [-0.15, -0.1) is 0 Å². The fraction of sp³-hybridized carbons (Fsp3) is 0.438. The molecule has 0 bridgehead atoms. The predicted octanol–water partition coefficient (Wildman–Crippen LogP) is 2.83. The van der Waals surface area contributed by atoms with Gasteiger partial charge in [0.25, 0.3) is 0 Å². The average Bonchev–Trinajstić information content (AvgIpc) is 2.82. The van der Waals surface area contributed by atoms with Crippen LogP contribution in [0.5, 0.6) is 0 Å². The highest BCUT2D eigenvalue weighted by atomic mass is 32.1. The second-order valence-electron chi connectivity index (χ2n) is 6.48. The van der Waals surface area contributed by atoms with Gasteiger partial charge in [0.05, 0.1) is 61.8 Å². The van der Waals surface area contributed by atoms with E-state index < -0.39 is 0 Å². The van der Waals surface area contributed by atoms with Gasteiger partial charge in [-0.3, -0.25) is 5.01 Å². The molecule has 3 heterocycles. The highest BCUT2D eigenvalue weighted by molar-refractivity contribution is 7.15. The summed E-state index contributed by atoms with van der Waals surface area (Å²) in [6.45, 7) is 4.76. The Kier molecular flexibility index (Phi) is 3.72. The van der Waals surface area contributed by atoms with Crippen LogP contribution in [0, 0.1) is 17.9 Å². The summed E-state index contributed by atoms with van der Waals surface area (Å²) in [6, 6.07) is 5.10. The molecule has 2 aliphatic heterocycles. The Morgan fingerprint density at radius 2 is 2.08 bits per heavy atom. The molecule has 1 saturated heterocycles. The van der Waals surface area contributed by atoms with Gasteiger partial charge in [0.1, 0.15) is 10.8 Å². The molecule has 8 heteroatoms. The molecule has 1 aromatic carbocycles. The zero-order chi connectivity index (χ0) is 16.9. The van der Waals surface area contributed by atoms with Crippen molar-refractivity contribution < 1.29 is 9.04 Å². The summed E-state index contributed by atoms with van der Waals surface area (Å²) < 4.78 is 14.1. The van der Waals surface area contributed by atoms with E-state index in [1.165, 1.54) is 6.07 Å². The van der Waals surface area contributed by atoms with E-state index in [0.717, 1.165) is 21.4 Å². The number of aromatic nitrogens is 1. The van der Waals surface area contributed by atoms with Crippen molar-refractivity contribution in [2.75, 3.05) is 43.6 Å². The minimum atomic E-state index is -0.272. The summed E-state index contributed by atoms with van der Waals surface area (Å²) in [5.74, 6) is -0.272. The van der Waals surface area contributed by atoms with E-state index in [1.54, 1.807) is 24.5 Å². The molecule has 1 fully saturated rings. The molecule has 1 N–H and O–H groups in total. The summed E-state index contributed by atoms with van der Waals surface area (Å²) in [4.78, 5) is 4.60. The summed E-state index contributed by atoms with van der Waals surface area (Å²) in [7, 11) is 1.71. The van der Waals surface area contributed by atoms with Gasteiger partial charge in [0.2, 0.25) is 0 Å². The van der Waals surface area contributed by atoms with Crippen molar-refractivity contribution in [2.45, 2.75) is 13.5 Å². The number of likely N-dealkylation sites (N-methyl/N-ethyl adjacent to an activating group) is 1. The molecular weight excluding hydrogens is 329 g/mol. The first kappa shape index (κ1) is 15.8. The van der Waals surface area contributed by atoms with Crippen LogP contribution in [0.15, 0.2) is 18.2 Å². The topological polar surface area (TPSA) is 54.5 Å². The van der Waals surface area contributed by atoms with Gasteiger partial charge in [-0.05, 0) is 19.1 Å². The van der Waals surface area contributed by atoms with Crippen LogP contribution in [0.2, 0.25) is 0 Å².